The summed E-state index contributed by atoms with van der Waals surface area (Å²) in [5.74, 6) is -1.26. The van der Waals surface area contributed by atoms with E-state index in [1.807, 2.05) is 6.07 Å². The number of carboxylic acids is 1. The first-order chi connectivity index (χ1) is 15.7. The predicted octanol–water partition coefficient (Wildman–Crippen LogP) is 4.11. The van der Waals surface area contributed by atoms with Crippen LogP contribution in [-0.2, 0) is 27.7 Å². The number of benzene rings is 3. The van der Waals surface area contributed by atoms with E-state index in [9.17, 15) is 18.0 Å². The molecule has 3 aromatic rings. The van der Waals surface area contributed by atoms with Crippen LogP contribution in [0, 0.1) is 0 Å². The van der Waals surface area contributed by atoms with Crippen LogP contribution in [0.15, 0.2) is 71.6 Å². The molecule has 0 saturated heterocycles. The van der Waals surface area contributed by atoms with Crippen molar-refractivity contribution in [2.45, 2.75) is 24.7 Å². The molecule has 0 fully saturated rings. The average Bonchev–Trinajstić information content (AvgIpc) is 2.75. The van der Waals surface area contributed by atoms with E-state index in [1.165, 1.54) is 30.3 Å². The Morgan fingerprint density at radius 2 is 1.67 bits per heavy atom. The Balaban J connectivity index is 1.98. The number of hydrogen-bond acceptors (Lipinski definition) is 4. The molecule has 0 aromatic heterocycles. The van der Waals surface area contributed by atoms with Gasteiger partial charge in [-0.3, -0.25) is 14.3 Å². The zero-order valence-electron chi connectivity index (χ0n) is 17.8. The minimum absolute atomic E-state index is 0.0321. The summed E-state index contributed by atoms with van der Waals surface area (Å²) in [6.45, 7) is 2.23. The number of sulfonamides is 1. The van der Waals surface area contributed by atoms with Crippen molar-refractivity contribution in [3.05, 3.63) is 94.0 Å². The highest BCUT2D eigenvalue weighted by molar-refractivity contribution is 7.92. The molecular weight excluding hydrogens is 464 g/mol. The number of amides is 1. The third-order valence-corrected chi connectivity index (χ3v) is 6.45. The summed E-state index contributed by atoms with van der Waals surface area (Å²) in [7, 11) is -3.94. The first-order valence-corrected chi connectivity index (χ1v) is 12.0. The minimum atomic E-state index is -3.94. The highest BCUT2D eigenvalue weighted by Gasteiger charge is 2.18. The summed E-state index contributed by atoms with van der Waals surface area (Å²) in [6, 6.07) is 17.6. The lowest BCUT2D eigenvalue weighted by Gasteiger charge is -2.15. The molecule has 0 aliphatic carbocycles. The van der Waals surface area contributed by atoms with Crippen LogP contribution in [0.25, 0.3) is 0 Å². The van der Waals surface area contributed by atoms with Crippen LogP contribution < -0.4 is 10.0 Å². The molecule has 0 radical (unpaired) electrons. The van der Waals surface area contributed by atoms with Gasteiger partial charge in [-0.15, -0.1) is 0 Å². The highest BCUT2D eigenvalue weighted by atomic mass is 35.5. The van der Waals surface area contributed by atoms with Crippen LogP contribution in [-0.4, -0.2) is 31.9 Å². The number of halogens is 1. The van der Waals surface area contributed by atoms with Crippen LogP contribution in [0.4, 0.5) is 5.69 Å². The highest BCUT2D eigenvalue weighted by Crippen LogP contribution is 2.25. The van der Waals surface area contributed by atoms with Crippen LogP contribution >= 0.6 is 11.6 Å². The van der Waals surface area contributed by atoms with Gasteiger partial charge in [0.25, 0.3) is 15.9 Å². The average molecular weight is 487 g/mol. The second-order valence-electron chi connectivity index (χ2n) is 7.36. The van der Waals surface area contributed by atoms with Crippen LogP contribution in [0.5, 0.6) is 0 Å². The van der Waals surface area contributed by atoms with E-state index >= 15 is 0 Å². The van der Waals surface area contributed by atoms with Crippen molar-refractivity contribution in [3.8, 4) is 0 Å². The van der Waals surface area contributed by atoms with Crippen molar-refractivity contribution in [3.63, 3.8) is 0 Å². The van der Waals surface area contributed by atoms with E-state index in [4.69, 9.17) is 16.7 Å². The monoisotopic (exact) mass is 486 g/mol. The normalized spacial score (nSPS) is 11.1. The quantitative estimate of drug-likeness (QED) is 0.421. The van der Waals surface area contributed by atoms with Gasteiger partial charge in [0, 0.05) is 17.1 Å². The Morgan fingerprint density at radius 1 is 0.970 bits per heavy atom. The van der Waals surface area contributed by atoms with Crippen LogP contribution in [0.1, 0.15) is 34.0 Å². The summed E-state index contributed by atoms with van der Waals surface area (Å²) >= 11 is 5.87. The molecular formula is C24H23ClN2O5S. The zero-order valence-corrected chi connectivity index (χ0v) is 19.4. The fraction of sp³-hybridized carbons (Fsp3) is 0.167. The lowest BCUT2D eigenvalue weighted by atomic mass is 9.99. The van der Waals surface area contributed by atoms with Gasteiger partial charge in [-0.1, -0.05) is 41.9 Å². The molecule has 0 aliphatic heterocycles. The smallest absolute Gasteiger partial charge is 0.307 e. The topological polar surface area (TPSA) is 113 Å². The Bertz CT molecular complexity index is 1270. The van der Waals surface area contributed by atoms with Crippen LogP contribution in [0.3, 0.4) is 0 Å². The zero-order chi connectivity index (χ0) is 24.0. The van der Waals surface area contributed by atoms with Gasteiger partial charge in [-0.2, -0.15) is 0 Å². The van der Waals surface area contributed by atoms with Gasteiger partial charge in [-0.05, 0) is 66.4 Å². The number of carbonyl (C=O) groups is 2. The molecule has 0 saturated carbocycles. The van der Waals surface area contributed by atoms with Gasteiger partial charge >= 0.3 is 5.97 Å². The number of nitrogens with one attached hydrogen (secondary N) is 2. The van der Waals surface area contributed by atoms with Gasteiger partial charge in [0.2, 0.25) is 0 Å². The largest absolute Gasteiger partial charge is 0.481 e. The summed E-state index contributed by atoms with van der Waals surface area (Å²) in [4.78, 5) is 23.4. The molecule has 33 heavy (non-hydrogen) atoms. The first kappa shape index (κ1) is 24.3. The standard InChI is InChI=1S/C24H23ClN2O5S/c1-2-26-24(30)19-7-6-18(13-16-4-3-5-17(12-16)14-23(28)29)22(15-19)27-33(31,32)21-10-8-20(25)9-11-21/h3-12,15,27H,2,13-14H2,1H3,(H,26,30)(H,28,29). The maximum atomic E-state index is 13.0. The van der Waals surface area contributed by atoms with E-state index in [1.54, 1.807) is 37.3 Å². The van der Waals surface area contributed by atoms with Crippen molar-refractivity contribution >= 4 is 39.2 Å². The number of carbonyl (C=O) groups excluding carboxylic acids is 1. The van der Waals surface area contributed by atoms with Gasteiger partial charge in [0.05, 0.1) is 17.0 Å². The van der Waals surface area contributed by atoms with Crippen molar-refractivity contribution in [1.29, 1.82) is 0 Å². The molecule has 172 valence electrons. The Hall–Kier alpha value is -3.36. The minimum Gasteiger partial charge on any atom is -0.481 e. The fourth-order valence-corrected chi connectivity index (χ4v) is 4.51. The van der Waals surface area contributed by atoms with E-state index in [0.29, 0.717) is 34.7 Å². The van der Waals surface area contributed by atoms with Crippen molar-refractivity contribution in [2.75, 3.05) is 11.3 Å². The second-order valence-corrected chi connectivity index (χ2v) is 9.48. The van der Waals surface area contributed by atoms with E-state index < -0.39 is 16.0 Å². The molecule has 3 aromatic carbocycles. The Kier molecular flexibility index (Phi) is 7.73. The molecule has 1 amide bonds. The van der Waals surface area contributed by atoms with Crippen molar-refractivity contribution in [2.24, 2.45) is 0 Å². The van der Waals surface area contributed by atoms with Crippen LogP contribution in [0.2, 0.25) is 5.02 Å². The first-order valence-electron chi connectivity index (χ1n) is 10.2. The van der Waals surface area contributed by atoms with E-state index in [0.717, 1.165) is 5.56 Å². The van der Waals surface area contributed by atoms with Gasteiger partial charge in [0.15, 0.2) is 0 Å². The second kappa shape index (κ2) is 10.5. The number of aliphatic carboxylic acids is 1. The molecule has 9 heteroatoms. The molecule has 0 unspecified atom stereocenters. The van der Waals surface area contributed by atoms with Crippen molar-refractivity contribution < 1.29 is 23.1 Å². The van der Waals surface area contributed by atoms with E-state index in [2.05, 4.69) is 10.0 Å². The molecule has 3 N–H and O–H groups in total. The maximum absolute atomic E-state index is 13.0. The Labute approximate surface area is 197 Å². The third kappa shape index (κ3) is 6.57. The molecule has 0 aliphatic rings. The third-order valence-electron chi connectivity index (χ3n) is 4.82. The van der Waals surface area contributed by atoms with Gasteiger partial charge in [-0.25, -0.2) is 8.42 Å². The summed E-state index contributed by atoms with van der Waals surface area (Å²) in [5.41, 5.74) is 2.66. The number of anilines is 1. The molecule has 3 rings (SSSR count). The molecule has 0 atom stereocenters. The van der Waals surface area contributed by atoms with Crippen molar-refractivity contribution in [1.82, 2.24) is 5.32 Å². The predicted molar refractivity (Wildman–Crippen MR) is 127 cm³/mol. The summed E-state index contributed by atoms with van der Waals surface area (Å²) < 4.78 is 28.5. The summed E-state index contributed by atoms with van der Waals surface area (Å²) in [6.07, 6.45) is 0.224. The number of carboxylic acid groups (broad SMARTS) is 1. The molecule has 0 spiro atoms. The number of rotatable bonds is 9. The molecule has 0 bridgehead atoms. The maximum Gasteiger partial charge on any atom is 0.307 e. The Morgan fingerprint density at radius 3 is 2.33 bits per heavy atom. The lowest BCUT2D eigenvalue weighted by Crippen LogP contribution is -2.23. The fourth-order valence-electron chi connectivity index (χ4n) is 3.29. The molecule has 7 nitrogen and oxygen atoms in total. The van der Waals surface area contributed by atoms with E-state index in [-0.39, 0.29) is 22.9 Å². The van der Waals surface area contributed by atoms with Gasteiger partial charge < -0.3 is 10.4 Å². The summed E-state index contributed by atoms with van der Waals surface area (Å²) in [5, 5.41) is 12.2. The number of hydrogen-bond donors (Lipinski definition) is 3. The van der Waals surface area contributed by atoms with Gasteiger partial charge in [0.1, 0.15) is 0 Å². The SMILES string of the molecule is CCNC(=O)c1ccc(Cc2cccc(CC(=O)O)c2)c(NS(=O)(=O)c2ccc(Cl)cc2)c1. The lowest BCUT2D eigenvalue weighted by molar-refractivity contribution is -0.136. The molecule has 0 heterocycles.